The van der Waals surface area contributed by atoms with Crippen LogP contribution in [0.15, 0.2) is 42.5 Å². The Labute approximate surface area is 217 Å². The molecule has 1 atom stereocenters. The van der Waals surface area contributed by atoms with E-state index in [9.17, 15) is 31.6 Å². The number of hydrogen-bond acceptors (Lipinski definition) is 6. The predicted molar refractivity (Wildman–Crippen MR) is 133 cm³/mol. The molecule has 1 N–H and O–H groups in total. The van der Waals surface area contributed by atoms with Crippen molar-refractivity contribution in [3.63, 3.8) is 0 Å². The maximum atomic E-state index is 12.9. The highest BCUT2D eigenvalue weighted by Gasteiger charge is 2.48. The van der Waals surface area contributed by atoms with Crippen LogP contribution in [0.1, 0.15) is 50.6 Å². The van der Waals surface area contributed by atoms with Gasteiger partial charge in [0, 0.05) is 23.2 Å². The number of benzene rings is 2. The van der Waals surface area contributed by atoms with Gasteiger partial charge < -0.3 is 13.5 Å². The lowest BCUT2D eigenvalue weighted by molar-refractivity contribution is -0.0500. The fourth-order valence-corrected chi connectivity index (χ4v) is 5.08. The molecule has 38 heavy (non-hydrogen) atoms. The van der Waals surface area contributed by atoms with Crippen molar-refractivity contribution in [2.24, 2.45) is 5.92 Å². The summed E-state index contributed by atoms with van der Waals surface area (Å²) in [6.07, 6.45) is 3.90. The second-order valence-corrected chi connectivity index (χ2v) is 11.1. The summed E-state index contributed by atoms with van der Waals surface area (Å²) >= 11 is 0. The SMILES string of the molecule is C[C@@H](OC(=O)Nc1ccc(-c2c(C#N)c3ccc(OS(=O)(=O)C(F)(F)F)cc3n2C2CCC2)cc1)C1CC1. The van der Waals surface area contributed by atoms with Crippen molar-refractivity contribution >= 4 is 32.8 Å². The quantitative estimate of drug-likeness (QED) is 0.268. The largest absolute Gasteiger partial charge is 0.534 e. The Morgan fingerprint density at radius 2 is 1.82 bits per heavy atom. The van der Waals surface area contributed by atoms with Crippen molar-refractivity contribution in [2.45, 2.75) is 56.7 Å². The van der Waals surface area contributed by atoms with Crippen LogP contribution >= 0.6 is 0 Å². The van der Waals surface area contributed by atoms with Gasteiger partial charge in [0.1, 0.15) is 17.9 Å². The lowest BCUT2D eigenvalue weighted by Gasteiger charge is -2.30. The average molecular weight is 548 g/mol. The Balaban J connectivity index is 1.50. The lowest BCUT2D eigenvalue weighted by Crippen LogP contribution is -2.28. The van der Waals surface area contributed by atoms with Crippen LogP contribution in [-0.2, 0) is 14.9 Å². The minimum atomic E-state index is -5.85. The second kappa shape index (κ2) is 9.54. The van der Waals surface area contributed by atoms with E-state index in [1.807, 2.05) is 11.5 Å². The summed E-state index contributed by atoms with van der Waals surface area (Å²) in [5.41, 5.74) is -3.16. The standard InChI is InChI=1S/C26H24F3N3O5S/c1-15(16-5-6-16)36-25(33)31-18-9-7-17(8-10-18)24-22(14-30)21-12-11-20(37-38(34,35)26(27,28)29)13-23(21)32(24)19-3-2-4-19/h7-13,15-16,19H,2-6H2,1H3,(H,31,33)/t15-/m1/s1. The normalized spacial score (nSPS) is 16.9. The molecule has 1 amide bonds. The molecule has 1 aromatic heterocycles. The number of halogens is 3. The Morgan fingerprint density at radius 1 is 1.13 bits per heavy atom. The number of carbonyl (C=O) groups excluding carboxylic acids is 1. The molecular formula is C26H24F3N3O5S. The number of aromatic nitrogens is 1. The number of ether oxygens (including phenoxy) is 1. The van der Waals surface area contributed by atoms with Crippen molar-refractivity contribution in [1.82, 2.24) is 4.57 Å². The van der Waals surface area contributed by atoms with Crippen LogP contribution in [0.3, 0.4) is 0 Å². The Bertz CT molecular complexity index is 1530. The third-order valence-electron chi connectivity index (χ3n) is 7.00. The monoisotopic (exact) mass is 547 g/mol. The molecule has 1 heterocycles. The van der Waals surface area contributed by atoms with Crippen LogP contribution < -0.4 is 9.50 Å². The molecule has 0 bridgehead atoms. The topological polar surface area (TPSA) is 110 Å². The van der Waals surface area contributed by atoms with E-state index in [0.29, 0.717) is 39.3 Å². The Hall–Kier alpha value is -3.72. The molecule has 0 unspecified atom stereocenters. The first-order chi connectivity index (χ1) is 18.0. The summed E-state index contributed by atoms with van der Waals surface area (Å²) in [5.74, 6) is -0.0946. The maximum absolute atomic E-state index is 12.9. The molecule has 2 fully saturated rings. The summed E-state index contributed by atoms with van der Waals surface area (Å²) in [5, 5.41) is 13.2. The molecule has 8 nitrogen and oxygen atoms in total. The van der Waals surface area contributed by atoms with E-state index in [0.717, 1.165) is 38.2 Å². The van der Waals surface area contributed by atoms with Gasteiger partial charge >= 0.3 is 21.7 Å². The van der Waals surface area contributed by atoms with Crippen molar-refractivity contribution < 1.29 is 35.3 Å². The second-order valence-electron chi connectivity index (χ2n) is 9.60. The fraction of sp³-hybridized carbons (Fsp3) is 0.385. The molecule has 0 aliphatic heterocycles. The number of fused-ring (bicyclic) bond motifs is 1. The summed E-state index contributed by atoms with van der Waals surface area (Å²) in [6, 6.07) is 12.7. The zero-order chi connectivity index (χ0) is 27.2. The van der Waals surface area contributed by atoms with Crippen molar-refractivity contribution in [2.75, 3.05) is 5.32 Å². The summed E-state index contributed by atoms with van der Waals surface area (Å²) < 4.78 is 73.3. The van der Waals surface area contributed by atoms with Crippen molar-refractivity contribution in [1.29, 1.82) is 5.26 Å². The molecule has 2 aliphatic carbocycles. The molecule has 12 heteroatoms. The van der Waals surface area contributed by atoms with Gasteiger partial charge in [-0.2, -0.15) is 26.9 Å². The third kappa shape index (κ3) is 4.90. The number of nitrogens with zero attached hydrogens (tertiary/aromatic N) is 2. The van der Waals surface area contributed by atoms with Gasteiger partial charge in [0.05, 0.1) is 16.8 Å². The molecule has 2 aliphatic rings. The molecule has 3 aromatic rings. The first-order valence-corrected chi connectivity index (χ1v) is 13.6. The zero-order valence-electron chi connectivity index (χ0n) is 20.3. The summed E-state index contributed by atoms with van der Waals surface area (Å²) in [6.45, 7) is 1.86. The van der Waals surface area contributed by atoms with Gasteiger partial charge in [-0.3, -0.25) is 5.32 Å². The summed E-state index contributed by atoms with van der Waals surface area (Å²) in [7, 11) is -5.85. The van der Waals surface area contributed by atoms with Crippen LogP contribution in [0.2, 0.25) is 0 Å². The average Bonchev–Trinajstić information content (AvgIpc) is 3.61. The minimum Gasteiger partial charge on any atom is -0.446 e. The highest BCUT2D eigenvalue weighted by atomic mass is 32.2. The fourth-order valence-electron chi connectivity index (χ4n) is 4.63. The third-order valence-corrected chi connectivity index (χ3v) is 7.98. The van der Waals surface area contributed by atoms with Gasteiger partial charge in [-0.15, -0.1) is 0 Å². The smallest absolute Gasteiger partial charge is 0.446 e. The molecule has 200 valence electrons. The van der Waals surface area contributed by atoms with Crippen LogP contribution in [-0.4, -0.2) is 30.7 Å². The molecule has 0 spiro atoms. The summed E-state index contributed by atoms with van der Waals surface area (Å²) in [4.78, 5) is 12.2. The molecule has 0 saturated heterocycles. The highest BCUT2D eigenvalue weighted by molar-refractivity contribution is 7.88. The van der Waals surface area contributed by atoms with Gasteiger partial charge in [0.2, 0.25) is 0 Å². The van der Waals surface area contributed by atoms with Crippen molar-refractivity contribution in [3.05, 3.63) is 48.0 Å². The van der Waals surface area contributed by atoms with Gasteiger partial charge in [-0.05, 0) is 74.8 Å². The van der Waals surface area contributed by atoms with Crippen LogP contribution in [0, 0.1) is 17.2 Å². The first-order valence-electron chi connectivity index (χ1n) is 12.2. The van der Waals surface area contributed by atoms with E-state index in [-0.39, 0.29) is 12.1 Å². The number of rotatable bonds is 7. The molecule has 2 saturated carbocycles. The van der Waals surface area contributed by atoms with Gasteiger partial charge in [-0.1, -0.05) is 12.1 Å². The molecular weight excluding hydrogens is 523 g/mol. The van der Waals surface area contributed by atoms with Gasteiger partial charge in [-0.25, -0.2) is 4.79 Å². The number of alkyl halides is 3. The number of nitrogens with one attached hydrogen (secondary N) is 1. The molecule has 2 aromatic carbocycles. The van der Waals surface area contributed by atoms with E-state index in [4.69, 9.17) is 4.74 Å². The van der Waals surface area contributed by atoms with E-state index in [1.165, 1.54) is 12.1 Å². The van der Waals surface area contributed by atoms with Crippen LogP contribution in [0.4, 0.5) is 23.7 Å². The Kier molecular flexibility index (Phi) is 6.51. The molecule has 0 radical (unpaired) electrons. The van der Waals surface area contributed by atoms with Crippen molar-refractivity contribution in [3.8, 4) is 23.1 Å². The lowest BCUT2D eigenvalue weighted by atomic mass is 9.92. The van der Waals surface area contributed by atoms with E-state index in [2.05, 4.69) is 15.6 Å². The maximum Gasteiger partial charge on any atom is 0.534 e. The van der Waals surface area contributed by atoms with Gasteiger partial charge in [0.25, 0.3) is 0 Å². The van der Waals surface area contributed by atoms with Gasteiger partial charge in [0.15, 0.2) is 0 Å². The number of hydrogen-bond donors (Lipinski definition) is 1. The van der Waals surface area contributed by atoms with E-state index in [1.54, 1.807) is 24.3 Å². The highest BCUT2D eigenvalue weighted by Crippen LogP contribution is 2.44. The minimum absolute atomic E-state index is 0.0271. The molecule has 5 rings (SSSR count). The predicted octanol–water partition coefficient (Wildman–Crippen LogP) is 6.48. The number of carbonyl (C=O) groups is 1. The zero-order valence-corrected chi connectivity index (χ0v) is 21.1. The van der Waals surface area contributed by atoms with Crippen LogP contribution in [0.25, 0.3) is 22.2 Å². The van der Waals surface area contributed by atoms with E-state index < -0.39 is 27.5 Å². The number of anilines is 1. The van der Waals surface area contributed by atoms with Crippen LogP contribution in [0.5, 0.6) is 5.75 Å². The first kappa shape index (κ1) is 25.9. The Morgan fingerprint density at radius 3 is 2.37 bits per heavy atom. The number of amides is 1. The van der Waals surface area contributed by atoms with E-state index >= 15 is 0 Å². The number of nitriles is 1.